The van der Waals surface area contributed by atoms with Crippen LogP contribution in [0.2, 0.25) is 0 Å². The summed E-state index contributed by atoms with van der Waals surface area (Å²) >= 11 is 0. The van der Waals surface area contributed by atoms with Crippen LogP contribution in [-0.4, -0.2) is 36.1 Å². The minimum Gasteiger partial charge on any atom is -0.338 e. The lowest BCUT2D eigenvalue weighted by atomic mass is 10.1. The molecule has 0 atom stereocenters. The number of aromatic nitrogens is 6. The molecule has 0 aliphatic carbocycles. The van der Waals surface area contributed by atoms with Gasteiger partial charge in [0.2, 0.25) is 17.5 Å². The van der Waals surface area contributed by atoms with Crippen molar-refractivity contribution in [2.75, 3.05) is 0 Å². The summed E-state index contributed by atoms with van der Waals surface area (Å²) < 4.78 is 43.8. The van der Waals surface area contributed by atoms with Gasteiger partial charge in [-0.3, -0.25) is 4.68 Å². The highest BCUT2D eigenvalue weighted by Gasteiger charge is 2.30. The maximum atomic E-state index is 12.6. The maximum absolute atomic E-state index is 12.6. The van der Waals surface area contributed by atoms with Crippen molar-refractivity contribution in [1.29, 1.82) is 0 Å². The van der Waals surface area contributed by atoms with Crippen LogP contribution in [0.5, 0.6) is 0 Å². The zero-order chi connectivity index (χ0) is 17.3. The monoisotopic (exact) mass is 338 g/mol. The molecule has 3 aromatic heterocycles. The first-order valence-electron chi connectivity index (χ1n) is 7.03. The van der Waals surface area contributed by atoms with Gasteiger partial charge in [0, 0.05) is 23.7 Å². The lowest BCUT2D eigenvalue weighted by Crippen LogP contribution is -2.19. The molecule has 3 aromatic rings. The lowest BCUT2D eigenvalue weighted by Gasteiger charge is -2.08. The molecule has 10 heteroatoms. The van der Waals surface area contributed by atoms with Crippen molar-refractivity contribution in [3.05, 3.63) is 41.3 Å². The topological polar surface area (TPSA) is 82.5 Å². The predicted octanol–water partition coefficient (Wildman–Crippen LogP) is 2.49. The Morgan fingerprint density at radius 1 is 1.12 bits per heavy atom. The van der Waals surface area contributed by atoms with Gasteiger partial charge in [0.1, 0.15) is 6.54 Å². The molecule has 0 aromatic carbocycles. The average molecular weight is 338 g/mol. The molecule has 0 saturated carbocycles. The number of alkyl halides is 3. The number of aryl methyl sites for hydroxylation is 1. The summed E-state index contributed by atoms with van der Waals surface area (Å²) in [5.74, 6) is 0.799. The van der Waals surface area contributed by atoms with E-state index >= 15 is 0 Å². The summed E-state index contributed by atoms with van der Waals surface area (Å²) in [7, 11) is 0. The molecule has 7 nitrogen and oxygen atoms in total. The van der Waals surface area contributed by atoms with Crippen LogP contribution in [0.3, 0.4) is 0 Å². The van der Waals surface area contributed by atoms with Crippen LogP contribution in [0.4, 0.5) is 13.2 Å². The second kappa shape index (κ2) is 6.02. The third-order valence-corrected chi connectivity index (χ3v) is 3.42. The van der Waals surface area contributed by atoms with Crippen LogP contribution in [0.15, 0.2) is 23.0 Å². The Bertz CT molecular complexity index is 840. The van der Waals surface area contributed by atoms with E-state index in [1.54, 1.807) is 32.3 Å². The fourth-order valence-corrected chi connectivity index (χ4v) is 2.30. The first kappa shape index (κ1) is 16.1. The molecule has 0 bridgehead atoms. The third-order valence-electron chi connectivity index (χ3n) is 3.42. The van der Waals surface area contributed by atoms with Crippen LogP contribution >= 0.6 is 0 Å². The van der Waals surface area contributed by atoms with Crippen molar-refractivity contribution < 1.29 is 17.7 Å². The molecule has 126 valence electrons. The molecule has 3 heterocycles. The molecular weight excluding hydrogens is 325 g/mol. The van der Waals surface area contributed by atoms with Crippen molar-refractivity contribution in [3.63, 3.8) is 0 Å². The standard InChI is InChI=1S/C14H13F3N6O/c1-8-10(9(2)23(21-8)7-14(15,16)17)6-11-20-13(22-24-11)12-18-4-3-5-19-12/h3-5H,6-7H2,1-2H3. The van der Waals surface area contributed by atoms with E-state index < -0.39 is 12.7 Å². The number of hydrogen-bond acceptors (Lipinski definition) is 6. The molecule has 0 spiro atoms. The van der Waals surface area contributed by atoms with E-state index in [2.05, 4.69) is 25.2 Å². The minimum absolute atomic E-state index is 0.190. The van der Waals surface area contributed by atoms with Gasteiger partial charge in [-0.05, 0) is 19.9 Å². The van der Waals surface area contributed by atoms with E-state index in [0.717, 1.165) is 4.68 Å². The highest BCUT2D eigenvalue weighted by molar-refractivity contribution is 5.40. The Morgan fingerprint density at radius 3 is 2.50 bits per heavy atom. The highest BCUT2D eigenvalue weighted by Crippen LogP contribution is 2.23. The average Bonchev–Trinajstić information content (AvgIpc) is 3.08. The van der Waals surface area contributed by atoms with Gasteiger partial charge in [0.25, 0.3) is 0 Å². The quantitative estimate of drug-likeness (QED) is 0.727. The first-order valence-corrected chi connectivity index (χ1v) is 7.03. The molecule has 0 N–H and O–H groups in total. The SMILES string of the molecule is Cc1nn(CC(F)(F)F)c(C)c1Cc1nc(-c2ncccn2)no1. The van der Waals surface area contributed by atoms with E-state index in [9.17, 15) is 13.2 Å². The van der Waals surface area contributed by atoms with E-state index in [1.165, 1.54) is 0 Å². The Labute approximate surface area is 134 Å². The number of hydrogen-bond donors (Lipinski definition) is 0. The first-order chi connectivity index (χ1) is 11.3. The molecule has 0 saturated heterocycles. The molecular formula is C14H13F3N6O. The Morgan fingerprint density at radius 2 is 1.83 bits per heavy atom. The Kier molecular flexibility index (Phi) is 4.04. The van der Waals surface area contributed by atoms with E-state index in [-0.39, 0.29) is 18.1 Å². The number of nitrogens with zero attached hydrogens (tertiary/aromatic N) is 6. The second-order valence-electron chi connectivity index (χ2n) is 5.18. The summed E-state index contributed by atoms with van der Waals surface area (Å²) in [5, 5.41) is 7.73. The molecule has 0 aliphatic rings. The fourth-order valence-electron chi connectivity index (χ4n) is 2.30. The second-order valence-corrected chi connectivity index (χ2v) is 5.18. The molecule has 3 rings (SSSR count). The molecule has 0 amide bonds. The molecule has 0 unspecified atom stereocenters. The van der Waals surface area contributed by atoms with Gasteiger partial charge >= 0.3 is 6.18 Å². The largest absolute Gasteiger partial charge is 0.408 e. The van der Waals surface area contributed by atoms with Gasteiger partial charge < -0.3 is 4.52 Å². The molecule has 0 radical (unpaired) electrons. The van der Waals surface area contributed by atoms with Crippen molar-refractivity contribution in [2.45, 2.75) is 33.0 Å². The van der Waals surface area contributed by atoms with Gasteiger partial charge in [0.15, 0.2) is 0 Å². The fraction of sp³-hybridized carbons (Fsp3) is 0.357. The van der Waals surface area contributed by atoms with Crippen molar-refractivity contribution >= 4 is 0 Å². The maximum Gasteiger partial charge on any atom is 0.408 e. The minimum atomic E-state index is -4.33. The van der Waals surface area contributed by atoms with Gasteiger partial charge in [-0.15, -0.1) is 0 Å². The summed E-state index contributed by atoms with van der Waals surface area (Å²) in [4.78, 5) is 12.2. The van der Waals surface area contributed by atoms with E-state index in [4.69, 9.17) is 4.52 Å². The van der Waals surface area contributed by atoms with E-state index in [0.29, 0.717) is 22.8 Å². The normalized spacial score (nSPS) is 11.9. The number of rotatable bonds is 4. The lowest BCUT2D eigenvalue weighted by molar-refractivity contribution is -0.142. The summed E-state index contributed by atoms with van der Waals surface area (Å²) in [6.07, 6.45) is -1.04. The van der Waals surface area contributed by atoms with Gasteiger partial charge in [-0.2, -0.15) is 23.3 Å². The number of halogens is 3. The summed E-state index contributed by atoms with van der Waals surface area (Å²) in [5.41, 5.74) is 1.54. The predicted molar refractivity (Wildman–Crippen MR) is 75.9 cm³/mol. The third kappa shape index (κ3) is 3.42. The van der Waals surface area contributed by atoms with E-state index in [1.807, 2.05) is 0 Å². The zero-order valence-corrected chi connectivity index (χ0v) is 12.9. The van der Waals surface area contributed by atoms with Crippen LogP contribution < -0.4 is 0 Å². The van der Waals surface area contributed by atoms with Gasteiger partial charge in [-0.25, -0.2) is 9.97 Å². The van der Waals surface area contributed by atoms with Crippen LogP contribution in [0.25, 0.3) is 11.6 Å². The Hall–Kier alpha value is -2.78. The van der Waals surface area contributed by atoms with Crippen molar-refractivity contribution in [1.82, 2.24) is 29.9 Å². The van der Waals surface area contributed by atoms with Crippen LogP contribution in [0, 0.1) is 13.8 Å². The molecule has 24 heavy (non-hydrogen) atoms. The molecule has 0 fully saturated rings. The molecule has 0 aliphatic heterocycles. The van der Waals surface area contributed by atoms with Crippen LogP contribution in [-0.2, 0) is 13.0 Å². The summed E-state index contributed by atoms with van der Waals surface area (Å²) in [6.45, 7) is 2.10. The zero-order valence-electron chi connectivity index (χ0n) is 12.9. The van der Waals surface area contributed by atoms with Crippen molar-refractivity contribution in [3.8, 4) is 11.6 Å². The van der Waals surface area contributed by atoms with Gasteiger partial charge in [0.05, 0.1) is 12.1 Å². The van der Waals surface area contributed by atoms with Gasteiger partial charge in [-0.1, -0.05) is 5.16 Å². The smallest absolute Gasteiger partial charge is 0.338 e. The van der Waals surface area contributed by atoms with Crippen LogP contribution in [0.1, 0.15) is 22.8 Å². The summed E-state index contributed by atoms with van der Waals surface area (Å²) in [6, 6.07) is 1.66. The van der Waals surface area contributed by atoms with Crippen molar-refractivity contribution in [2.24, 2.45) is 0 Å². The Balaban J connectivity index is 1.83. The highest BCUT2D eigenvalue weighted by atomic mass is 19.4.